The first-order chi connectivity index (χ1) is 10.7. The zero-order valence-corrected chi connectivity index (χ0v) is 13.7. The van der Waals surface area contributed by atoms with Crippen molar-refractivity contribution < 1.29 is 14.4 Å². The maximum absolute atomic E-state index is 12.4. The van der Waals surface area contributed by atoms with E-state index < -0.39 is 11.3 Å². The summed E-state index contributed by atoms with van der Waals surface area (Å²) in [5, 5.41) is 0. The summed E-state index contributed by atoms with van der Waals surface area (Å²) < 4.78 is 0. The van der Waals surface area contributed by atoms with Crippen molar-refractivity contribution in [1.82, 2.24) is 14.8 Å². The number of nitrogens with two attached hydrogens (primary N) is 1. The molecule has 2 N–H and O–H groups in total. The molecular weight excluding hydrogens is 296 g/mol. The highest BCUT2D eigenvalue weighted by Crippen LogP contribution is 2.19. The first kappa shape index (κ1) is 16.9. The second-order valence-corrected chi connectivity index (χ2v) is 6.63. The van der Waals surface area contributed by atoms with Crippen molar-refractivity contribution in [3.63, 3.8) is 0 Å². The fourth-order valence-electron chi connectivity index (χ4n) is 2.42. The Morgan fingerprint density at radius 2 is 1.61 bits per heavy atom. The number of hydrogen-bond acceptors (Lipinski definition) is 4. The molecule has 2 rings (SSSR count). The Hall–Kier alpha value is -2.44. The number of piperazine rings is 1. The topological polar surface area (TPSA) is 96.6 Å². The average molecular weight is 318 g/mol. The Labute approximate surface area is 135 Å². The predicted octanol–water partition coefficient (Wildman–Crippen LogP) is 0.511. The minimum atomic E-state index is -0.578. The van der Waals surface area contributed by atoms with E-state index in [0.717, 1.165) is 0 Å². The van der Waals surface area contributed by atoms with Crippen molar-refractivity contribution in [2.45, 2.75) is 20.8 Å². The summed E-state index contributed by atoms with van der Waals surface area (Å²) >= 11 is 0. The number of amides is 3. The van der Waals surface area contributed by atoms with Gasteiger partial charge in [-0.2, -0.15) is 0 Å². The lowest BCUT2D eigenvalue weighted by Gasteiger charge is -2.37. The smallest absolute Gasteiger partial charge is 0.272 e. The fraction of sp³-hybridized carbons (Fsp3) is 0.500. The van der Waals surface area contributed by atoms with Crippen LogP contribution in [0.2, 0.25) is 0 Å². The summed E-state index contributed by atoms with van der Waals surface area (Å²) in [6, 6.07) is 2.98. The first-order valence-electron chi connectivity index (χ1n) is 7.54. The van der Waals surface area contributed by atoms with Gasteiger partial charge in [0.1, 0.15) is 5.69 Å². The zero-order chi connectivity index (χ0) is 17.2. The van der Waals surface area contributed by atoms with Crippen LogP contribution in [0.25, 0.3) is 0 Å². The van der Waals surface area contributed by atoms with Gasteiger partial charge in [0.2, 0.25) is 11.8 Å². The molecule has 1 fully saturated rings. The van der Waals surface area contributed by atoms with E-state index in [1.165, 1.54) is 18.3 Å². The zero-order valence-electron chi connectivity index (χ0n) is 13.7. The maximum atomic E-state index is 12.4. The number of nitrogens with zero attached hydrogens (tertiary/aromatic N) is 3. The largest absolute Gasteiger partial charge is 0.366 e. The minimum Gasteiger partial charge on any atom is -0.366 e. The summed E-state index contributed by atoms with van der Waals surface area (Å²) in [5.74, 6) is -0.691. The third-order valence-electron chi connectivity index (χ3n) is 3.76. The summed E-state index contributed by atoms with van der Waals surface area (Å²) in [4.78, 5) is 43.1. The number of primary amides is 1. The minimum absolute atomic E-state index is 0.0912. The van der Waals surface area contributed by atoms with Crippen LogP contribution in [0.5, 0.6) is 0 Å². The highest BCUT2D eigenvalue weighted by Gasteiger charge is 2.31. The van der Waals surface area contributed by atoms with Gasteiger partial charge < -0.3 is 15.5 Å². The molecule has 7 heteroatoms. The molecule has 1 aromatic rings. The summed E-state index contributed by atoms with van der Waals surface area (Å²) in [5.41, 5.74) is 5.27. The predicted molar refractivity (Wildman–Crippen MR) is 84.7 cm³/mol. The van der Waals surface area contributed by atoms with Gasteiger partial charge in [0.15, 0.2) is 0 Å². The molecule has 0 radical (unpaired) electrons. The van der Waals surface area contributed by atoms with Crippen molar-refractivity contribution in [2.75, 3.05) is 26.2 Å². The Kier molecular flexibility index (Phi) is 4.68. The summed E-state index contributed by atoms with van der Waals surface area (Å²) in [6.07, 6.45) is 1.30. The van der Waals surface area contributed by atoms with E-state index in [0.29, 0.717) is 26.2 Å². The highest BCUT2D eigenvalue weighted by atomic mass is 16.2. The van der Waals surface area contributed by atoms with Crippen LogP contribution in [0.1, 0.15) is 41.6 Å². The Bertz CT molecular complexity index is 611. The molecule has 0 spiro atoms. The van der Waals surface area contributed by atoms with Gasteiger partial charge in [-0.1, -0.05) is 20.8 Å². The van der Waals surface area contributed by atoms with Gasteiger partial charge in [0, 0.05) is 37.8 Å². The van der Waals surface area contributed by atoms with Crippen molar-refractivity contribution >= 4 is 17.7 Å². The van der Waals surface area contributed by atoms with E-state index in [-0.39, 0.29) is 23.1 Å². The number of carbonyl (C=O) groups excluding carboxylic acids is 3. The Balaban J connectivity index is 1.98. The molecule has 23 heavy (non-hydrogen) atoms. The number of hydrogen-bond donors (Lipinski definition) is 1. The number of aromatic nitrogens is 1. The third-order valence-corrected chi connectivity index (χ3v) is 3.76. The van der Waals surface area contributed by atoms with Crippen LogP contribution < -0.4 is 5.73 Å². The van der Waals surface area contributed by atoms with Crippen molar-refractivity contribution in [3.05, 3.63) is 29.6 Å². The van der Waals surface area contributed by atoms with Gasteiger partial charge in [-0.3, -0.25) is 19.4 Å². The monoisotopic (exact) mass is 318 g/mol. The van der Waals surface area contributed by atoms with Crippen LogP contribution in [-0.2, 0) is 4.79 Å². The van der Waals surface area contributed by atoms with E-state index in [9.17, 15) is 14.4 Å². The number of pyridine rings is 1. The molecule has 124 valence electrons. The van der Waals surface area contributed by atoms with E-state index in [2.05, 4.69) is 4.98 Å². The van der Waals surface area contributed by atoms with Gasteiger partial charge in [-0.05, 0) is 12.1 Å². The van der Waals surface area contributed by atoms with Crippen LogP contribution in [0, 0.1) is 5.41 Å². The second-order valence-electron chi connectivity index (χ2n) is 6.63. The van der Waals surface area contributed by atoms with Crippen molar-refractivity contribution in [2.24, 2.45) is 11.1 Å². The third kappa shape index (κ3) is 3.85. The molecule has 1 aliphatic rings. The summed E-state index contributed by atoms with van der Waals surface area (Å²) in [6.45, 7) is 7.63. The molecule has 1 aromatic heterocycles. The summed E-state index contributed by atoms with van der Waals surface area (Å²) in [7, 11) is 0. The second kappa shape index (κ2) is 6.36. The number of carbonyl (C=O) groups is 3. The van der Waals surface area contributed by atoms with Gasteiger partial charge in [0.25, 0.3) is 5.91 Å². The number of rotatable bonds is 2. The molecule has 0 unspecified atom stereocenters. The van der Waals surface area contributed by atoms with Crippen LogP contribution in [0.15, 0.2) is 18.3 Å². The van der Waals surface area contributed by atoms with Crippen LogP contribution in [-0.4, -0.2) is 58.7 Å². The van der Waals surface area contributed by atoms with Gasteiger partial charge >= 0.3 is 0 Å². The molecule has 7 nitrogen and oxygen atoms in total. The molecule has 0 bridgehead atoms. The average Bonchev–Trinajstić information content (AvgIpc) is 2.53. The molecule has 3 amide bonds. The van der Waals surface area contributed by atoms with Gasteiger partial charge in [-0.25, -0.2) is 0 Å². The molecule has 1 saturated heterocycles. The highest BCUT2D eigenvalue weighted by molar-refractivity contribution is 5.95. The van der Waals surface area contributed by atoms with Gasteiger partial charge in [0.05, 0.1) is 5.56 Å². The van der Waals surface area contributed by atoms with E-state index in [4.69, 9.17) is 5.73 Å². The van der Waals surface area contributed by atoms with Crippen LogP contribution in [0.4, 0.5) is 0 Å². The quantitative estimate of drug-likeness (QED) is 0.859. The lowest BCUT2D eigenvalue weighted by molar-refractivity contribution is -0.140. The van der Waals surface area contributed by atoms with E-state index in [1.807, 2.05) is 20.8 Å². The molecule has 1 aliphatic heterocycles. The SMILES string of the molecule is CC(C)(C)C(=O)N1CCN(C(=O)c2ccc(C(N)=O)cn2)CC1. The lowest BCUT2D eigenvalue weighted by Crippen LogP contribution is -2.53. The molecule has 2 heterocycles. The Morgan fingerprint density at radius 3 is 2.04 bits per heavy atom. The normalized spacial score (nSPS) is 15.4. The standard InChI is InChI=1S/C16H22N4O3/c1-16(2,3)15(23)20-8-6-19(7-9-20)14(22)12-5-4-11(10-18-12)13(17)21/h4-5,10H,6-9H2,1-3H3,(H2,17,21). The van der Waals surface area contributed by atoms with Crippen LogP contribution >= 0.6 is 0 Å². The van der Waals surface area contributed by atoms with Crippen molar-refractivity contribution in [3.8, 4) is 0 Å². The fourth-order valence-corrected chi connectivity index (χ4v) is 2.42. The van der Waals surface area contributed by atoms with Gasteiger partial charge in [-0.15, -0.1) is 0 Å². The van der Waals surface area contributed by atoms with E-state index >= 15 is 0 Å². The van der Waals surface area contributed by atoms with Crippen LogP contribution in [0.3, 0.4) is 0 Å². The Morgan fingerprint density at radius 1 is 1.04 bits per heavy atom. The first-order valence-corrected chi connectivity index (χ1v) is 7.54. The molecular formula is C16H22N4O3. The molecule has 0 aromatic carbocycles. The molecule has 0 atom stereocenters. The van der Waals surface area contributed by atoms with E-state index in [1.54, 1.807) is 9.80 Å². The molecule has 0 saturated carbocycles. The lowest BCUT2D eigenvalue weighted by atomic mass is 9.94. The van der Waals surface area contributed by atoms with Crippen molar-refractivity contribution in [1.29, 1.82) is 0 Å². The molecule has 0 aliphatic carbocycles. The maximum Gasteiger partial charge on any atom is 0.272 e.